The second-order valence-corrected chi connectivity index (χ2v) is 11.6. The molecule has 0 aliphatic rings. The molecule has 1 nitrogen and oxygen atoms in total. The Bertz CT molecular complexity index is 2440. The molecule has 0 saturated carbocycles. The summed E-state index contributed by atoms with van der Waals surface area (Å²) in [5, 5.41) is 7.40. The van der Waals surface area contributed by atoms with E-state index < -0.39 is 0 Å². The first-order valence-electron chi connectivity index (χ1n) is 15.4. The molecule has 0 bridgehead atoms. The second-order valence-electron chi connectivity index (χ2n) is 11.6. The zero-order valence-corrected chi connectivity index (χ0v) is 24.6. The Labute approximate surface area is 261 Å². The molecule has 9 aromatic rings. The average molecular weight is 573 g/mol. The lowest BCUT2D eigenvalue weighted by molar-refractivity contribution is 0.670. The summed E-state index contributed by atoms with van der Waals surface area (Å²) in [4.78, 5) is 0. The maximum absolute atomic E-state index is 6.30. The van der Waals surface area contributed by atoms with Gasteiger partial charge in [0.25, 0.3) is 0 Å². The SMILES string of the molecule is c1ccc(-c2c3ccccc3c(-c3ccc(-c4ccc(-c5cccc6c5oc5ccccc56)cc4)cc3)c3ccccc23)cc1. The van der Waals surface area contributed by atoms with Crippen molar-refractivity contribution in [2.45, 2.75) is 0 Å². The van der Waals surface area contributed by atoms with Crippen molar-refractivity contribution in [1.82, 2.24) is 0 Å². The van der Waals surface area contributed by atoms with Crippen molar-refractivity contribution in [2.75, 3.05) is 0 Å². The standard InChI is InChI=1S/C44H28O/c1-2-11-32(12-3-1)42-36-14-4-6-16-38(36)43(39-17-7-5-15-37(39)42)33-27-23-30(24-28-33)29-21-25-31(26-22-29)34-18-10-19-40-35-13-8-9-20-41(35)45-44(34)40/h1-28H. The number of fused-ring (bicyclic) bond motifs is 5. The van der Waals surface area contributed by atoms with Gasteiger partial charge >= 0.3 is 0 Å². The molecule has 0 saturated heterocycles. The first-order valence-corrected chi connectivity index (χ1v) is 15.4. The summed E-state index contributed by atoms with van der Waals surface area (Å²) in [6, 6.07) is 60.9. The van der Waals surface area contributed by atoms with Crippen LogP contribution in [0.5, 0.6) is 0 Å². The van der Waals surface area contributed by atoms with Gasteiger partial charge in [-0.05, 0) is 66.6 Å². The fourth-order valence-corrected chi connectivity index (χ4v) is 7.00. The van der Waals surface area contributed by atoms with Crippen molar-refractivity contribution in [2.24, 2.45) is 0 Å². The predicted octanol–water partition coefficient (Wildman–Crippen LogP) is 12.6. The molecular weight excluding hydrogens is 544 g/mol. The highest BCUT2D eigenvalue weighted by Crippen LogP contribution is 2.44. The van der Waals surface area contributed by atoms with Gasteiger partial charge in [0, 0.05) is 16.3 Å². The van der Waals surface area contributed by atoms with E-state index in [9.17, 15) is 0 Å². The second kappa shape index (κ2) is 10.4. The summed E-state index contributed by atoms with van der Waals surface area (Å²) in [6.07, 6.45) is 0. The summed E-state index contributed by atoms with van der Waals surface area (Å²) in [5.74, 6) is 0. The molecule has 9 rings (SSSR count). The van der Waals surface area contributed by atoms with Crippen molar-refractivity contribution in [3.05, 3.63) is 170 Å². The van der Waals surface area contributed by atoms with Crippen LogP contribution in [0, 0.1) is 0 Å². The molecular formula is C44H28O. The third-order valence-corrected chi connectivity index (χ3v) is 9.10. The van der Waals surface area contributed by atoms with Crippen LogP contribution >= 0.6 is 0 Å². The molecule has 0 aliphatic heterocycles. The minimum atomic E-state index is 0.923. The largest absolute Gasteiger partial charge is 0.455 e. The lowest BCUT2D eigenvalue weighted by Crippen LogP contribution is -1.90. The first-order chi connectivity index (χ1) is 22.3. The zero-order chi connectivity index (χ0) is 29.7. The van der Waals surface area contributed by atoms with Gasteiger partial charge in [0.2, 0.25) is 0 Å². The number of hydrogen-bond donors (Lipinski definition) is 0. The van der Waals surface area contributed by atoms with Crippen LogP contribution in [-0.2, 0) is 0 Å². The van der Waals surface area contributed by atoms with E-state index in [1.54, 1.807) is 0 Å². The van der Waals surface area contributed by atoms with Crippen molar-refractivity contribution < 1.29 is 4.42 Å². The summed E-state index contributed by atoms with van der Waals surface area (Å²) < 4.78 is 6.30. The van der Waals surface area contributed by atoms with E-state index in [-0.39, 0.29) is 0 Å². The topological polar surface area (TPSA) is 13.1 Å². The Morgan fingerprint density at radius 2 is 0.689 bits per heavy atom. The van der Waals surface area contributed by atoms with Gasteiger partial charge in [0.15, 0.2) is 0 Å². The van der Waals surface area contributed by atoms with Gasteiger partial charge < -0.3 is 4.42 Å². The van der Waals surface area contributed by atoms with Gasteiger partial charge in [-0.2, -0.15) is 0 Å². The van der Waals surface area contributed by atoms with Gasteiger partial charge in [-0.3, -0.25) is 0 Å². The highest BCUT2D eigenvalue weighted by molar-refractivity contribution is 6.21. The molecule has 0 radical (unpaired) electrons. The minimum absolute atomic E-state index is 0.923. The number of benzene rings is 8. The lowest BCUT2D eigenvalue weighted by atomic mass is 9.86. The highest BCUT2D eigenvalue weighted by Gasteiger charge is 2.16. The maximum Gasteiger partial charge on any atom is 0.143 e. The van der Waals surface area contributed by atoms with Crippen LogP contribution in [0.25, 0.3) is 88.0 Å². The highest BCUT2D eigenvalue weighted by atomic mass is 16.3. The zero-order valence-electron chi connectivity index (χ0n) is 24.6. The lowest BCUT2D eigenvalue weighted by Gasteiger charge is -2.18. The van der Waals surface area contributed by atoms with E-state index >= 15 is 0 Å². The van der Waals surface area contributed by atoms with Crippen LogP contribution in [0.3, 0.4) is 0 Å². The van der Waals surface area contributed by atoms with Crippen molar-refractivity contribution in [1.29, 1.82) is 0 Å². The molecule has 0 aliphatic carbocycles. The molecule has 0 amide bonds. The van der Waals surface area contributed by atoms with Crippen LogP contribution in [0.1, 0.15) is 0 Å². The number of rotatable bonds is 4. The number of para-hydroxylation sites is 2. The van der Waals surface area contributed by atoms with Gasteiger partial charge in [0.1, 0.15) is 11.2 Å². The van der Waals surface area contributed by atoms with Gasteiger partial charge in [-0.15, -0.1) is 0 Å². The van der Waals surface area contributed by atoms with Crippen molar-refractivity contribution >= 4 is 43.5 Å². The molecule has 0 spiro atoms. The monoisotopic (exact) mass is 572 g/mol. The van der Waals surface area contributed by atoms with E-state index in [1.807, 2.05) is 12.1 Å². The van der Waals surface area contributed by atoms with E-state index in [1.165, 1.54) is 54.9 Å². The van der Waals surface area contributed by atoms with E-state index in [4.69, 9.17) is 4.42 Å². The molecule has 1 aromatic heterocycles. The Hall–Kier alpha value is -5.92. The van der Waals surface area contributed by atoms with Gasteiger partial charge in [-0.1, -0.05) is 164 Å². The summed E-state index contributed by atoms with van der Waals surface area (Å²) in [5.41, 5.74) is 11.5. The van der Waals surface area contributed by atoms with Gasteiger partial charge in [0.05, 0.1) is 0 Å². The fourth-order valence-electron chi connectivity index (χ4n) is 7.00. The third kappa shape index (κ3) is 4.17. The van der Waals surface area contributed by atoms with Crippen molar-refractivity contribution in [3.8, 4) is 44.5 Å². The van der Waals surface area contributed by atoms with E-state index in [0.29, 0.717) is 0 Å². The van der Waals surface area contributed by atoms with Crippen LogP contribution in [0.4, 0.5) is 0 Å². The van der Waals surface area contributed by atoms with Crippen molar-refractivity contribution in [3.63, 3.8) is 0 Å². The molecule has 210 valence electrons. The van der Waals surface area contributed by atoms with Crippen LogP contribution in [0.2, 0.25) is 0 Å². The number of furan rings is 1. The molecule has 0 N–H and O–H groups in total. The first kappa shape index (κ1) is 25.6. The molecule has 1 heteroatoms. The Kier molecular flexibility index (Phi) is 5.89. The Morgan fingerprint density at radius 1 is 0.267 bits per heavy atom. The van der Waals surface area contributed by atoms with Crippen LogP contribution < -0.4 is 0 Å². The minimum Gasteiger partial charge on any atom is -0.455 e. The van der Waals surface area contributed by atoms with Gasteiger partial charge in [-0.25, -0.2) is 0 Å². The quantitative estimate of drug-likeness (QED) is 0.191. The van der Waals surface area contributed by atoms with E-state index in [2.05, 4.69) is 158 Å². The van der Waals surface area contributed by atoms with E-state index in [0.717, 1.165) is 33.1 Å². The molecule has 8 aromatic carbocycles. The molecule has 0 unspecified atom stereocenters. The normalized spacial score (nSPS) is 11.6. The summed E-state index contributed by atoms with van der Waals surface area (Å²) >= 11 is 0. The predicted molar refractivity (Wildman–Crippen MR) is 190 cm³/mol. The molecule has 45 heavy (non-hydrogen) atoms. The van der Waals surface area contributed by atoms with Crippen LogP contribution in [0.15, 0.2) is 174 Å². The maximum atomic E-state index is 6.30. The Morgan fingerprint density at radius 3 is 1.27 bits per heavy atom. The molecule has 1 heterocycles. The fraction of sp³-hybridized carbons (Fsp3) is 0. The smallest absolute Gasteiger partial charge is 0.143 e. The third-order valence-electron chi connectivity index (χ3n) is 9.10. The molecule has 0 fully saturated rings. The summed E-state index contributed by atoms with van der Waals surface area (Å²) in [7, 11) is 0. The Balaban J connectivity index is 1.12. The number of hydrogen-bond acceptors (Lipinski definition) is 1. The molecule has 0 atom stereocenters. The summed E-state index contributed by atoms with van der Waals surface area (Å²) in [6.45, 7) is 0. The van der Waals surface area contributed by atoms with Crippen LogP contribution in [-0.4, -0.2) is 0 Å². The average Bonchev–Trinajstić information content (AvgIpc) is 3.50.